The van der Waals surface area contributed by atoms with Crippen molar-refractivity contribution < 1.29 is 71.4 Å². The second-order valence-corrected chi connectivity index (χ2v) is 13.2. The third kappa shape index (κ3) is 9.35. The van der Waals surface area contributed by atoms with Gasteiger partial charge in [0.25, 0.3) is 0 Å². The van der Waals surface area contributed by atoms with Crippen LogP contribution in [0, 0.1) is 11.8 Å². The Kier molecular flexibility index (Phi) is 13.3. The second kappa shape index (κ2) is 17.9. The third-order valence-corrected chi connectivity index (χ3v) is 9.48. The van der Waals surface area contributed by atoms with E-state index in [2.05, 4.69) is 16.9 Å². The summed E-state index contributed by atoms with van der Waals surface area (Å²) in [6.07, 6.45) is -5.29. The van der Waals surface area contributed by atoms with Gasteiger partial charge in [-0.2, -0.15) is 0 Å². The smallest absolute Gasteiger partial charge is 0.337 e. The van der Waals surface area contributed by atoms with Crippen LogP contribution in [0.15, 0.2) is 48.8 Å². The second-order valence-electron chi connectivity index (χ2n) is 13.2. The summed E-state index contributed by atoms with van der Waals surface area (Å²) in [6, 6.07) is 6.47. The number of methoxy groups -OCH3 is 1. The van der Waals surface area contributed by atoms with E-state index in [4.69, 9.17) is 42.6 Å². The lowest BCUT2D eigenvalue weighted by Gasteiger charge is -2.46. The topological polar surface area (TPSA) is 213 Å². The zero-order valence-corrected chi connectivity index (χ0v) is 31.4. The van der Waals surface area contributed by atoms with Gasteiger partial charge in [0, 0.05) is 68.6 Å². The highest BCUT2D eigenvalue weighted by molar-refractivity contribution is 5.89. The van der Waals surface area contributed by atoms with Crippen LogP contribution in [0.3, 0.4) is 0 Å². The van der Waals surface area contributed by atoms with Crippen molar-refractivity contribution >= 4 is 46.7 Å². The minimum absolute atomic E-state index is 0.145. The van der Waals surface area contributed by atoms with E-state index in [0.29, 0.717) is 6.42 Å². The zero-order valence-electron chi connectivity index (χ0n) is 31.4. The highest BCUT2D eigenvalue weighted by atomic mass is 16.8. The molecule has 17 nitrogen and oxygen atoms in total. The quantitative estimate of drug-likeness (QED) is 0.170. The summed E-state index contributed by atoms with van der Waals surface area (Å²) >= 11 is 0. The normalized spacial score (nSPS) is 28.7. The number of benzene rings is 1. The van der Waals surface area contributed by atoms with Gasteiger partial charge in [-0.15, -0.1) is 6.58 Å². The lowest BCUT2D eigenvalue weighted by atomic mass is 9.77. The number of ether oxygens (including phenoxy) is 9. The monoisotopic (exact) mass is 770 g/mol. The summed E-state index contributed by atoms with van der Waals surface area (Å²) in [5.74, 6) is -5.77. The van der Waals surface area contributed by atoms with Crippen molar-refractivity contribution in [1.29, 1.82) is 0 Å². The standard InChI is InChI=1S/C38H46N2O15/c1-8-22-24(14-28-31-25(15-29(39-28)36(46)48-9-2)23-12-10-11-13-27(23)40-31)26(35(45)47-7)16-50-37(22)55-38-34(53-21(6)44)33(52-20(5)43)32(51-19(4)42)30(54-38)17-49-18(3)41/h8,10-13,16,22,24,28-30,32-34,37-40H,1,9,14-15,17H2,2-7H3/t22-,24+,28+,29+,30-,32-,33+,34-,37+,38+/m1/s1. The molecule has 0 saturated carbocycles. The van der Waals surface area contributed by atoms with Crippen molar-refractivity contribution in [3.05, 3.63) is 60.0 Å². The molecule has 2 aromatic rings. The van der Waals surface area contributed by atoms with E-state index in [-0.39, 0.29) is 18.6 Å². The number of hydrogen-bond acceptors (Lipinski definition) is 16. The Hall–Kier alpha value is -5.26. The summed E-state index contributed by atoms with van der Waals surface area (Å²) in [5.41, 5.74) is 2.75. The first kappa shape index (κ1) is 40.9. The maximum atomic E-state index is 13.3. The predicted octanol–water partition coefficient (Wildman–Crippen LogP) is 2.61. The SMILES string of the molecule is C=C[C@H]1[C@H](O[C@@H]2O[C@H](COC(C)=O)[C@@H](OC(C)=O)[C@H](OC(C)=O)[C@H]2OC(C)=O)OC=C(C(=O)OC)[C@H]1C[C@@H]1N[C@H](C(=O)OCC)Cc2c1[nH]c1ccccc21. The van der Waals surface area contributed by atoms with Gasteiger partial charge in [-0.25, -0.2) is 4.79 Å². The highest BCUT2D eigenvalue weighted by Crippen LogP contribution is 2.43. The Morgan fingerprint density at radius 2 is 1.56 bits per heavy atom. The Balaban J connectivity index is 1.53. The van der Waals surface area contributed by atoms with Gasteiger partial charge >= 0.3 is 35.8 Å². The molecule has 0 unspecified atom stereocenters. The van der Waals surface area contributed by atoms with Gasteiger partial charge in [-0.05, 0) is 25.0 Å². The minimum atomic E-state index is -1.58. The molecule has 1 fully saturated rings. The molecule has 1 aromatic heterocycles. The van der Waals surface area contributed by atoms with Crippen LogP contribution in [-0.2, 0) is 77.8 Å². The number of hydrogen-bond donors (Lipinski definition) is 2. The van der Waals surface area contributed by atoms with E-state index < -0.39 is 103 Å². The molecule has 0 radical (unpaired) electrons. The van der Waals surface area contributed by atoms with Crippen LogP contribution in [-0.4, -0.2) is 104 Å². The van der Waals surface area contributed by atoms with Gasteiger partial charge in [-0.3, -0.25) is 29.3 Å². The van der Waals surface area contributed by atoms with E-state index in [1.54, 1.807) is 6.92 Å². The van der Waals surface area contributed by atoms with Crippen molar-refractivity contribution in [1.82, 2.24) is 10.3 Å². The van der Waals surface area contributed by atoms with E-state index in [1.165, 1.54) is 19.4 Å². The van der Waals surface area contributed by atoms with Gasteiger partial charge < -0.3 is 47.6 Å². The molecule has 17 heteroatoms. The van der Waals surface area contributed by atoms with Crippen LogP contribution >= 0.6 is 0 Å². The van der Waals surface area contributed by atoms with Gasteiger partial charge in [0.15, 0.2) is 18.3 Å². The van der Waals surface area contributed by atoms with Crippen molar-refractivity contribution in [2.24, 2.45) is 11.8 Å². The third-order valence-electron chi connectivity index (χ3n) is 9.48. The molecule has 1 aromatic carbocycles. The van der Waals surface area contributed by atoms with E-state index >= 15 is 0 Å². The van der Waals surface area contributed by atoms with Crippen LogP contribution < -0.4 is 5.32 Å². The van der Waals surface area contributed by atoms with Gasteiger partial charge in [0.1, 0.15) is 18.8 Å². The van der Waals surface area contributed by atoms with Crippen LogP contribution in [0.2, 0.25) is 0 Å². The summed E-state index contributed by atoms with van der Waals surface area (Å²) in [7, 11) is 1.23. The molecule has 0 spiro atoms. The first-order valence-corrected chi connectivity index (χ1v) is 17.8. The Morgan fingerprint density at radius 1 is 0.891 bits per heavy atom. The molecule has 10 atom stereocenters. The molecule has 5 rings (SSSR count). The number of carbonyl (C=O) groups is 6. The van der Waals surface area contributed by atoms with E-state index in [9.17, 15) is 28.8 Å². The zero-order chi connectivity index (χ0) is 40.0. The minimum Gasteiger partial charge on any atom is -0.471 e. The van der Waals surface area contributed by atoms with Crippen molar-refractivity contribution in [2.45, 2.75) is 96.5 Å². The van der Waals surface area contributed by atoms with E-state index in [0.717, 1.165) is 49.9 Å². The Labute approximate surface area is 316 Å². The number of esters is 6. The van der Waals surface area contributed by atoms with Crippen LogP contribution in [0.25, 0.3) is 10.9 Å². The summed E-state index contributed by atoms with van der Waals surface area (Å²) in [5, 5.41) is 4.35. The molecular weight excluding hydrogens is 724 g/mol. The molecule has 1 saturated heterocycles. The van der Waals surface area contributed by atoms with Gasteiger partial charge in [0.05, 0.1) is 25.6 Å². The maximum absolute atomic E-state index is 13.3. The van der Waals surface area contributed by atoms with Gasteiger partial charge in [0.2, 0.25) is 12.6 Å². The van der Waals surface area contributed by atoms with Crippen LogP contribution in [0.4, 0.5) is 0 Å². The molecule has 0 amide bonds. The average molecular weight is 771 g/mol. The largest absolute Gasteiger partial charge is 0.471 e. The number of H-pyrrole nitrogens is 1. The number of nitrogens with one attached hydrogen (secondary N) is 2. The first-order valence-electron chi connectivity index (χ1n) is 17.8. The molecule has 3 aliphatic heterocycles. The van der Waals surface area contributed by atoms with Crippen LogP contribution in [0.5, 0.6) is 0 Å². The van der Waals surface area contributed by atoms with Gasteiger partial charge in [-0.1, -0.05) is 24.3 Å². The summed E-state index contributed by atoms with van der Waals surface area (Å²) in [4.78, 5) is 78.7. The average Bonchev–Trinajstić information content (AvgIpc) is 3.51. The molecule has 2 N–H and O–H groups in total. The molecule has 0 aliphatic carbocycles. The molecular formula is C38H46N2O15. The Morgan fingerprint density at radius 3 is 2.20 bits per heavy atom. The lowest BCUT2D eigenvalue weighted by Crippen LogP contribution is -2.63. The van der Waals surface area contributed by atoms with Crippen LogP contribution in [0.1, 0.15) is 58.3 Å². The molecule has 55 heavy (non-hydrogen) atoms. The fourth-order valence-electron chi connectivity index (χ4n) is 7.31. The lowest BCUT2D eigenvalue weighted by molar-refractivity contribution is -0.342. The number of rotatable bonds is 13. The van der Waals surface area contributed by atoms with Crippen molar-refractivity contribution in [2.75, 3.05) is 20.3 Å². The molecule has 3 aliphatic rings. The highest BCUT2D eigenvalue weighted by Gasteiger charge is 2.54. The summed E-state index contributed by atoms with van der Waals surface area (Å²) < 4.78 is 50.8. The fourth-order valence-corrected chi connectivity index (χ4v) is 7.31. The number of para-hydroxylation sites is 1. The number of aromatic nitrogens is 1. The molecule has 4 heterocycles. The number of aromatic amines is 1. The Bertz CT molecular complexity index is 1820. The maximum Gasteiger partial charge on any atom is 0.337 e. The molecule has 298 valence electrons. The van der Waals surface area contributed by atoms with Crippen molar-refractivity contribution in [3.63, 3.8) is 0 Å². The number of carbonyl (C=O) groups excluding carboxylic acids is 6. The number of fused-ring (bicyclic) bond motifs is 3. The first-order chi connectivity index (χ1) is 26.3. The van der Waals surface area contributed by atoms with Crippen molar-refractivity contribution in [3.8, 4) is 0 Å². The fraction of sp³-hybridized carbons (Fsp3) is 0.526. The summed E-state index contributed by atoms with van der Waals surface area (Å²) in [6.45, 7) is 9.95. The predicted molar refractivity (Wildman–Crippen MR) is 188 cm³/mol. The molecule has 0 bridgehead atoms. The van der Waals surface area contributed by atoms with E-state index in [1.807, 2.05) is 24.3 Å².